The van der Waals surface area contributed by atoms with Gasteiger partial charge in [-0.05, 0) is 70.7 Å². The van der Waals surface area contributed by atoms with Crippen molar-refractivity contribution in [3.8, 4) is 0 Å². The number of aryl methyl sites for hydroxylation is 2. The van der Waals surface area contributed by atoms with Crippen LogP contribution in [0, 0.1) is 0 Å². The first-order valence-electron chi connectivity index (χ1n) is 6.47. The van der Waals surface area contributed by atoms with Crippen LogP contribution in [0.4, 0.5) is 0 Å². The summed E-state index contributed by atoms with van der Waals surface area (Å²) in [5.74, 6) is 0.0804. The Labute approximate surface area is 134 Å². The number of amidine groups is 1. The van der Waals surface area contributed by atoms with Crippen LogP contribution in [0.2, 0.25) is 0 Å². The monoisotopic (exact) mass is 364 g/mol. The van der Waals surface area contributed by atoms with Crippen molar-refractivity contribution in [2.24, 2.45) is 10.9 Å². The number of halogens is 1. The molecule has 0 saturated heterocycles. The maximum Gasteiger partial charge on any atom is 0.172 e. The quantitative estimate of drug-likeness (QED) is 0.378. The third kappa shape index (κ3) is 3.03. The summed E-state index contributed by atoms with van der Waals surface area (Å²) in [5.41, 5.74) is 8.73. The van der Waals surface area contributed by atoms with Gasteiger partial charge in [0, 0.05) is 16.4 Å². The van der Waals surface area contributed by atoms with Crippen LogP contribution in [0.3, 0.4) is 0 Å². The standard InChI is InChI=1S/C14H13BrN4OS/c15-9-4-5-12(17-7-9)21-14-10(13(16)19-20)6-8-2-1-3-11(8)18-14/h4-7,20H,1-3H2,(H2,16,19). The average Bonchev–Trinajstić information content (AvgIpc) is 2.95. The van der Waals surface area contributed by atoms with E-state index in [-0.39, 0.29) is 5.84 Å². The summed E-state index contributed by atoms with van der Waals surface area (Å²) in [7, 11) is 0. The van der Waals surface area contributed by atoms with Crippen molar-refractivity contribution >= 4 is 33.5 Å². The van der Waals surface area contributed by atoms with Crippen molar-refractivity contribution < 1.29 is 5.21 Å². The van der Waals surface area contributed by atoms with Gasteiger partial charge >= 0.3 is 0 Å². The van der Waals surface area contributed by atoms with Crippen LogP contribution in [-0.2, 0) is 12.8 Å². The van der Waals surface area contributed by atoms with Gasteiger partial charge in [0.1, 0.15) is 10.1 Å². The van der Waals surface area contributed by atoms with Crippen molar-refractivity contribution in [2.75, 3.05) is 0 Å². The second-order valence-electron chi connectivity index (χ2n) is 4.70. The molecule has 1 aliphatic rings. The van der Waals surface area contributed by atoms with Crippen molar-refractivity contribution in [3.63, 3.8) is 0 Å². The van der Waals surface area contributed by atoms with Gasteiger partial charge in [0.05, 0.1) is 5.56 Å². The van der Waals surface area contributed by atoms with Crippen molar-refractivity contribution in [1.29, 1.82) is 0 Å². The van der Waals surface area contributed by atoms with Crippen LogP contribution < -0.4 is 5.73 Å². The van der Waals surface area contributed by atoms with E-state index in [1.165, 1.54) is 17.3 Å². The Kier molecular flexibility index (Phi) is 4.12. The first-order chi connectivity index (χ1) is 10.2. The molecule has 0 aromatic carbocycles. The van der Waals surface area contributed by atoms with E-state index in [2.05, 4.69) is 31.1 Å². The SMILES string of the molecule is NC(=NO)c1cc2c(nc1Sc1ccc(Br)cn1)CCC2. The van der Waals surface area contributed by atoms with Gasteiger partial charge in [-0.25, -0.2) is 9.97 Å². The fourth-order valence-corrected chi connectivity index (χ4v) is 3.39. The first kappa shape index (κ1) is 14.3. The number of rotatable bonds is 3. The number of hydrogen-bond donors (Lipinski definition) is 2. The molecule has 0 atom stereocenters. The predicted octanol–water partition coefficient (Wildman–Crippen LogP) is 2.97. The number of hydrogen-bond acceptors (Lipinski definition) is 5. The molecule has 0 fully saturated rings. The molecule has 21 heavy (non-hydrogen) atoms. The van der Waals surface area contributed by atoms with Gasteiger partial charge in [0.25, 0.3) is 0 Å². The second-order valence-corrected chi connectivity index (χ2v) is 6.63. The van der Waals surface area contributed by atoms with Gasteiger partial charge in [0.15, 0.2) is 5.84 Å². The van der Waals surface area contributed by atoms with Crippen molar-refractivity contribution in [3.05, 3.63) is 45.7 Å². The van der Waals surface area contributed by atoms with Crippen LogP contribution >= 0.6 is 27.7 Å². The number of nitrogens with zero attached hydrogens (tertiary/aromatic N) is 3. The molecule has 2 aromatic rings. The maximum absolute atomic E-state index is 8.97. The molecule has 0 aliphatic heterocycles. The van der Waals surface area contributed by atoms with Gasteiger partial charge in [-0.2, -0.15) is 0 Å². The van der Waals surface area contributed by atoms with Crippen LogP contribution in [0.25, 0.3) is 0 Å². The molecule has 0 spiro atoms. The molecule has 0 unspecified atom stereocenters. The summed E-state index contributed by atoms with van der Waals surface area (Å²) in [6, 6.07) is 5.80. The molecule has 5 nitrogen and oxygen atoms in total. The van der Waals surface area contributed by atoms with Crippen molar-refractivity contribution in [2.45, 2.75) is 29.3 Å². The molecule has 7 heteroatoms. The zero-order chi connectivity index (χ0) is 14.8. The summed E-state index contributed by atoms with van der Waals surface area (Å²) < 4.78 is 0.922. The zero-order valence-electron chi connectivity index (χ0n) is 11.1. The highest BCUT2D eigenvalue weighted by molar-refractivity contribution is 9.10. The lowest BCUT2D eigenvalue weighted by Gasteiger charge is -2.10. The van der Waals surface area contributed by atoms with E-state index in [4.69, 9.17) is 10.9 Å². The molecule has 3 rings (SSSR count). The van der Waals surface area contributed by atoms with E-state index in [9.17, 15) is 0 Å². The van der Waals surface area contributed by atoms with Gasteiger partial charge < -0.3 is 10.9 Å². The average molecular weight is 365 g/mol. The Hall–Kier alpha value is -1.60. The van der Waals surface area contributed by atoms with Crippen LogP contribution in [0.5, 0.6) is 0 Å². The minimum absolute atomic E-state index is 0.0804. The highest BCUT2D eigenvalue weighted by Crippen LogP contribution is 2.32. The van der Waals surface area contributed by atoms with Gasteiger partial charge in [0.2, 0.25) is 0 Å². The Morgan fingerprint density at radius 1 is 1.38 bits per heavy atom. The third-order valence-electron chi connectivity index (χ3n) is 3.30. The Morgan fingerprint density at radius 2 is 2.24 bits per heavy atom. The topological polar surface area (TPSA) is 84.4 Å². The lowest BCUT2D eigenvalue weighted by molar-refractivity contribution is 0.318. The minimum Gasteiger partial charge on any atom is -0.409 e. The number of aromatic nitrogens is 2. The smallest absolute Gasteiger partial charge is 0.172 e. The third-order valence-corrected chi connectivity index (χ3v) is 4.73. The van der Waals surface area contributed by atoms with Gasteiger partial charge in [-0.1, -0.05) is 5.16 Å². The molecule has 3 N–H and O–H groups in total. The zero-order valence-corrected chi connectivity index (χ0v) is 13.5. The largest absolute Gasteiger partial charge is 0.409 e. The molecule has 0 radical (unpaired) electrons. The van der Waals surface area contributed by atoms with Gasteiger partial charge in [-0.3, -0.25) is 0 Å². The summed E-state index contributed by atoms with van der Waals surface area (Å²) in [6.45, 7) is 0. The summed E-state index contributed by atoms with van der Waals surface area (Å²) in [5, 5.41) is 13.6. The van der Waals surface area contributed by atoms with E-state index < -0.39 is 0 Å². The normalized spacial score (nSPS) is 14.2. The van der Waals surface area contributed by atoms with E-state index in [1.807, 2.05) is 18.2 Å². The van der Waals surface area contributed by atoms with Crippen LogP contribution in [-0.4, -0.2) is 21.0 Å². The molecule has 1 aliphatic carbocycles. The number of oxime groups is 1. The summed E-state index contributed by atoms with van der Waals surface area (Å²) in [6.07, 6.45) is 4.81. The molecule has 108 valence electrons. The van der Waals surface area contributed by atoms with Gasteiger partial charge in [-0.15, -0.1) is 0 Å². The van der Waals surface area contributed by atoms with E-state index >= 15 is 0 Å². The Morgan fingerprint density at radius 3 is 2.95 bits per heavy atom. The van der Waals surface area contributed by atoms with E-state index in [1.54, 1.807) is 6.20 Å². The second kappa shape index (κ2) is 6.03. The molecule has 0 saturated carbocycles. The Balaban J connectivity index is 2.01. The molecular formula is C14H13BrN4OS. The first-order valence-corrected chi connectivity index (χ1v) is 8.08. The highest BCUT2D eigenvalue weighted by Gasteiger charge is 2.19. The van der Waals surface area contributed by atoms with Crippen LogP contribution in [0.1, 0.15) is 23.2 Å². The molecule has 2 heterocycles. The number of nitrogens with two attached hydrogens (primary N) is 1. The molecule has 0 bridgehead atoms. The maximum atomic E-state index is 8.97. The fraction of sp³-hybridized carbons (Fsp3) is 0.214. The molecular weight excluding hydrogens is 352 g/mol. The summed E-state index contributed by atoms with van der Waals surface area (Å²) in [4.78, 5) is 9.01. The number of pyridine rings is 2. The lowest BCUT2D eigenvalue weighted by Crippen LogP contribution is -2.16. The number of fused-ring (bicyclic) bond motifs is 1. The Bertz CT molecular complexity index is 703. The lowest BCUT2D eigenvalue weighted by atomic mass is 10.1. The van der Waals surface area contributed by atoms with Crippen LogP contribution in [0.15, 0.2) is 44.1 Å². The van der Waals surface area contributed by atoms with E-state index in [0.29, 0.717) is 5.56 Å². The van der Waals surface area contributed by atoms with Crippen molar-refractivity contribution in [1.82, 2.24) is 9.97 Å². The molecule has 0 amide bonds. The molecule has 2 aromatic heterocycles. The predicted molar refractivity (Wildman–Crippen MR) is 84.8 cm³/mol. The highest BCUT2D eigenvalue weighted by atomic mass is 79.9. The summed E-state index contributed by atoms with van der Waals surface area (Å²) >= 11 is 4.78. The minimum atomic E-state index is 0.0804. The fourth-order valence-electron chi connectivity index (χ4n) is 2.29. The van der Waals surface area contributed by atoms with E-state index in [0.717, 1.165) is 39.5 Å².